The van der Waals surface area contributed by atoms with Gasteiger partial charge in [0.05, 0.1) is 20.4 Å². The third-order valence-corrected chi connectivity index (χ3v) is 3.28. The standard InChI is InChI=1S/C14H14ClFN2O3/c1-20-12-7-17-13(14(18-12)21-2)11(19)6-8-9(15)4-3-5-10(8)16/h3-5,7,11,19H,6H2,1-2H3. The van der Waals surface area contributed by atoms with Crippen molar-refractivity contribution in [2.45, 2.75) is 12.5 Å². The molecule has 1 aromatic carbocycles. The molecule has 7 heteroatoms. The van der Waals surface area contributed by atoms with E-state index in [-0.39, 0.29) is 34.5 Å². The zero-order valence-corrected chi connectivity index (χ0v) is 12.3. The molecule has 1 heterocycles. The van der Waals surface area contributed by atoms with Gasteiger partial charge in [0.2, 0.25) is 11.8 Å². The smallest absolute Gasteiger partial charge is 0.241 e. The van der Waals surface area contributed by atoms with Gasteiger partial charge in [0, 0.05) is 17.0 Å². The number of hydrogen-bond acceptors (Lipinski definition) is 5. The lowest BCUT2D eigenvalue weighted by Crippen LogP contribution is -2.09. The minimum Gasteiger partial charge on any atom is -0.480 e. The Bertz CT molecular complexity index is 619. The number of benzene rings is 1. The Labute approximate surface area is 126 Å². The molecule has 0 saturated heterocycles. The number of halogens is 2. The summed E-state index contributed by atoms with van der Waals surface area (Å²) >= 11 is 5.94. The summed E-state index contributed by atoms with van der Waals surface area (Å²) in [5.74, 6) is -0.108. The van der Waals surface area contributed by atoms with Gasteiger partial charge in [0.1, 0.15) is 17.6 Å². The number of rotatable bonds is 5. The molecule has 0 aliphatic rings. The average molecular weight is 313 g/mol. The molecule has 5 nitrogen and oxygen atoms in total. The van der Waals surface area contributed by atoms with Gasteiger partial charge in [0.25, 0.3) is 0 Å². The number of aliphatic hydroxyl groups excluding tert-OH is 1. The molecule has 0 bridgehead atoms. The average Bonchev–Trinajstić information content (AvgIpc) is 2.50. The van der Waals surface area contributed by atoms with E-state index in [1.807, 2.05) is 0 Å². The first-order valence-electron chi connectivity index (χ1n) is 6.12. The second-order valence-electron chi connectivity index (χ2n) is 4.23. The summed E-state index contributed by atoms with van der Waals surface area (Å²) in [7, 11) is 2.84. The summed E-state index contributed by atoms with van der Waals surface area (Å²) in [6.45, 7) is 0. The molecule has 0 saturated carbocycles. The summed E-state index contributed by atoms with van der Waals surface area (Å²) in [5.41, 5.74) is 0.406. The summed E-state index contributed by atoms with van der Waals surface area (Å²) in [4.78, 5) is 8.07. The lowest BCUT2D eigenvalue weighted by Gasteiger charge is -2.14. The van der Waals surface area contributed by atoms with Crippen molar-refractivity contribution < 1.29 is 19.0 Å². The highest BCUT2D eigenvalue weighted by Gasteiger charge is 2.20. The van der Waals surface area contributed by atoms with E-state index >= 15 is 0 Å². The first-order chi connectivity index (χ1) is 10.1. The number of aliphatic hydroxyl groups is 1. The topological polar surface area (TPSA) is 64.5 Å². The van der Waals surface area contributed by atoms with Gasteiger partial charge in [-0.15, -0.1) is 0 Å². The van der Waals surface area contributed by atoms with Crippen LogP contribution in [0.3, 0.4) is 0 Å². The monoisotopic (exact) mass is 312 g/mol. The van der Waals surface area contributed by atoms with Crippen LogP contribution in [0.1, 0.15) is 17.4 Å². The predicted octanol–water partition coefficient (Wildman–Crippen LogP) is 2.56. The number of nitrogens with zero attached hydrogens (tertiary/aromatic N) is 2. The van der Waals surface area contributed by atoms with Gasteiger partial charge in [-0.05, 0) is 12.1 Å². The quantitative estimate of drug-likeness (QED) is 0.919. The molecule has 0 radical (unpaired) electrons. The van der Waals surface area contributed by atoms with Crippen molar-refractivity contribution in [1.82, 2.24) is 9.97 Å². The van der Waals surface area contributed by atoms with Crippen LogP contribution < -0.4 is 9.47 Å². The SMILES string of the molecule is COc1cnc(C(O)Cc2c(F)cccc2Cl)c(OC)n1. The Balaban J connectivity index is 2.30. The van der Waals surface area contributed by atoms with Crippen LogP contribution in [-0.2, 0) is 6.42 Å². The van der Waals surface area contributed by atoms with Crippen molar-refractivity contribution in [1.29, 1.82) is 0 Å². The molecular weight excluding hydrogens is 299 g/mol. The van der Waals surface area contributed by atoms with E-state index < -0.39 is 11.9 Å². The van der Waals surface area contributed by atoms with Crippen LogP contribution >= 0.6 is 11.6 Å². The first kappa shape index (κ1) is 15.5. The largest absolute Gasteiger partial charge is 0.480 e. The van der Waals surface area contributed by atoms with Crippen LogP contribution in [0.5, 0.6) is 11.8 Å². The molecule has 0 fully saturated rings. The number of methoxy groups -OCH3 is 2. The molecule has 0 spiro atoms. The molecule has 0 aliphatic heterocycles. The van der Waals surface area contributed by atoms with E-state index in [1.165, 1.54) is 32.5 Å². The highest BCUT2D eigenvalue weighted by molar-refractivity contribution is 6.31. The van der Waals surface area contributed by atoms with Crippen molar-refractivity contribution in [3.8, 4) is 11.8 Å². The highest BCUT2D eigenvalue weighted by Crippen LogP contribution is 2.29. The molecule has 2 rings (SSSR count). The van der Waals surface area contributed by atoms with Crippen LogP contribution in [0, 0.1) is 5.82 Å². The molecule has 1 unspecified atom stereocenters. The van der Waals surface area contributed by atoms with Crippen molar-refractivity contribution >= 4 is 11.6 Å². The van der Waals surface area contributed by atoms with Gasteiger partial charge < -0.3 is 14.6 Å². The number of hydrogen-bond donors (Lipinski definition) is 1. The van der Waals surface area contributed by atoms with Gasteiger partial charge in [-0.1, -0.05) is 17.7 Å². The van der Waals surface area contributed by atoms with Crippen LogP contribution in [0.25, 0.3) is 0 Å². The molecule has 1 aromatic heterocycles. The van der Waals surface area contributed by atoms with E-state index in [0.717, 1.165) is 0 Å². The second-order valence-corrected chi connectivity index (χ2v) is 4.63. The Morgan fingerprint density at radius 3 is 2.71 bits per heavy atom. The Morgan fingerprint density at radius 2 is 2.10 bits per heavy atom. The highest BCUT2D eigenvalue weighted by atomic mass is 35.5. The molecule has 21 heavy (non-hydrogen) atoms. The van der Waals surface area contributed by atoms with Gasteiger partial charge >= 0.3 is 0 Å². The third-order valence-electron chi connectivity index (χ3n) is 2.92. The van der Waals surface area contributed by atoms with Crippen molar-refractivity contribution in [3.05, 3.63) is 46.5 Å². The molecule has 112 valence electrons. The van der Waals surface area contributed by atoms with Crippen molar-refractivity contribution in [2.24, 2.45) is 0 Å². The maximum atomic E-state index is 13.7. The van der Waals surface area contributed by atoms with Crippen LogP contribution in [0.4, 0.5) is 4.39 Å². The fourth-order valence-electron chi connectivity index (χ4n) is 1.86. The Morgan fingerprint density at radius 1 is 1.33 bits per heavy atom. The zero-order valence-electron chi connectivity index (χ0n) is 11.5. The summed E-state index contributed by atoms with van der Waals surface area (Å²) < 4.78 is 23.7. The van der Waals surface area contributed by atoms with Crippen LogP contribution in [0.2, 0.25) is 5.02 Å². The second kappa shape index (κ2) is 6.69. The van der Waals surface area contributed by atoms with Gasteiger partial charge in [-0.25, -0.2) is 9.37 Å². The van der Waals surface area contributed by atoms with E-state index in [1.54, 1.807) is 6.07 Å². The lowest BCUT2D eigenvalue weighted by molar-refractivity contribution is 0.165. The third kappa shape index (κ3) is 3.40. The van der Waals surface area contributed by atoms with E-state index in [9.17, 15) is 9.50 Å². The Hall–Kier alpha value is -1.92. The molecular formula is C14H14ClFN2O3. The zero-order chi connectivity index (χ0) is 15.4. The minimum absolute atomic E-state index is 0.0388. The van der Waals surface area contributed by atoms with Crippen molar-refractivity contribution in [2.75, 3.05) is 14.2 Å². The molecule has 0 amide bonds. The normalized spacial score (nSPS) is 12.0. The molecule has 2 aromatic rings. The van der Waals surface area contributed by atoms with Gasteiger partial charge in [-0.2, -0.15) is 4.98 Å². The maximum Gasteiger partial charge on any atom is 0.241 e. The van der Waals surface area contributed by atoms with E-state index in [4.69, 9.17) is 21.1 Å². The van der Waals surface area contributed by atoms with Gasteiger partial charge in [-0.3, -0.25) is 0 Å². The molecule has 1 atom stereocenters. The minimum atomic E-state index is -1.10. The Kier molecular flexibility index (Phi) is 4.93. The van der Waals surface area contributed by atoms with Gasteiger partial charge in [0.15, 0.2) is 0 Å². The van der Waals surface area contributed by atoms with Crippen LogP contribution in [0.15, 0.2) is 24.4 Å². The fourth-order valence-corrected chi connectivity index (χ4v) is 2.10. The van der Waals surface area contributed by atoms with Crippen LogP contribution in [-0.4, -0.2) is 29.3 Å². The van der Waals surface area contributed by atoms with Crippen molar-refractivity contribution in [3.63, 3.8) is 0 Å². The summed E-state index contributed by atoms with van der Waals surface area (Å²) in [6.07, 6.45) is 0.208. The summed E-state index contributed by atoms with van der Waals surface area (Å²) in [6, 6.07) is 4.34. The number of aromatic nitrogens is 2. The van der Waals surface area contributed by atoms with E-state index in [2.05, 4.69) is 9.97 Å². The first-order valence-corrected chi connectivity index (χ1v) is 6.50. The summed E-state index contributed by atoms with van der Waals surface area (Å²) in [5, 5.41) is 10.5. The molecule has 1 N–H and O–H groups in total. The lowest BCUT2D eigenvalue weighted by atomic mass is 10.0. The predicted molar refractivity (Wildman–Crippen MR) is 75.2 cm³/mol. The van der Waals surface area contributed by atoms with E-state index in [0.29, 0.717) is 0 Å². The molecule has 0 aliphatic carbocycles. The maximum absolute atomic E-state index is 13.7. The fraction of sp³-hybridized carbons (Fsp3) is 0.286. The number of ether oxygens (including phenoxy) is 2.